The van der Waals surface area contributed by atoms with Crippen molar-refractivity contribution < 1.29 is 22.7 Å². The summed E-state index contributed by atoms with van der Waals surface area (Å²) >= 11 is 0. The molecule has 6 heteroatoms. The molecule has 25 heavy (non-hydrogen) atoms. The molecule has 2 atom stereocenters. The molecule has 2 aliphatic heterocycles. The number of fused-ring (bicyclic) bond motifs is 2. The maximum atomic E-state index is 12.9. The van der Waals surface area contributed by atoms with Crippen LogP contribution in [0.25, 0.3) is 0 Å². The molecule has 2 fully saturated rings. The summed E-state index contributed by atoms with van der Waals surface area (Å²) in [5.74, 6) is -1.78. The molecular weight excluding hydrogens is 331 g/mol. The predicted octanol–water partition coefficient (Wildman–Crippen LogP) is 4.09. The SMILES string of the molecule is O=C(CCC(F)=C(F)F)C1CC2COCC(C1)N2Cc1ccccc1. The number of nitrogens with zero attached hydrogens (tertiary/aromatic N) is 1. The molecule has 0 spiro atoms. The van der Waals surface area contributed by atoms with E-state index in [1.54, 1.807) is 0 Å². The van der Waals surface area contributed by atoms with Crippen molar-refractivity contribution >= 4 is 5.78 Å². The molecule has 2 unspecified atom stereocenters. The van der Waals surface area contributed by atoms with Gasteiger partial charge in [0.05, 0.1) is 13.2 Å². The lowest BCUT2D eigenvalue weighted by molar-refractivity contribution is -0.133. The van der Waals surface area contributed by atoms with E-state index in [9.17, 15) is 18.0 Å². The Bertz CT molecular complexity index is 617. The summed E-state index contributed by atoms with van der Waals surface area (Å²) in [5.41, 5.74) is 1.22. The first-order valence-electron chi connectivity index (χ1n) is 8.64. The summed E-state index contributed by atoms with van der Waals surface area (Å²) in [6.07, 6.45) is -1.70. The topological polar surface area (TPSA) is 29.5 Å². The third-order valence-corrected chi connectivity index (χ3v) is 5.13. The lowest BCUT2D eigenvalue weighted by atomic mass is 9.81. The number of piperidine rings is 1. The van der Waals surface area contributed by atoms with Crippen molar-refractivity contribution in [1.29, 1.82) is 0 Å². The van der Waals surface area contributed by atoms with E-state index in [1.807, 2.05) is 18.2 Å². The van der Waals surface area contributed by atoms with Crippen molar-refractivity contribution in [2.24, 2.45) is 5.92 Å². The van der Waals surface area contributed by atoms with Crippen LogP contribution in [-0.2, 0) is 16.1 Å². The van der Waals surface area contributed by atoms with Gasteiger partial charge in [0.2, 0.25) is 0 Å². The molecule has 2 saturated heterocycles. The first kappa shape index (κ1) is 18.1. The Morgan fingerprint density at radius 3 is 2.28 bits per heavy atom. The number of halogens is 3. The smallest absolute Gasteiger partial charge is 0.301 e. The normalized spacial score (nSPS) is 26.3. The number of Topliss-reactive ketones (excluding diaryl/α,β-unsaturated/α-hetero) is 1. The van der Waals surface area contributed by atoms with Gasteiger partial charge in [-0.3, -0.25) is 9.69 Å². The minimum absolute atomic E-state index is 0.118. The molecule has 0 saturated carbocycles. The van der Waals surface area contributed by atoms with E-state index in [-0.39, 0.29) is 30.2 Å². The molecule has 0 radical (unpaired) electrons. The lowest BCUT2D eigenvalue weighted by Crippen LogP contribution is -2.57. The first-order chi connectivity index (χ1) is 12.0. The Morgan fingerprint density at radius 1 is 1.04 bits per heavy atom. The molecule has 1 aromatic rings. The van der Waals surface area contributed by atoms with Crippen LogP contribution in [0.5, 0.6) is 0 Å². The Kier molecular flexibility index (Phi) is 5.91. The van der Waals surface area contributed by atoms with Crippen LogP contribution in [0.3, 0.4) is 0 Å². The molecule has 0 N–H and O–H groups in total. The van der Waals surface area contributed by atoms with Crippen LogP contribution in [0.2, 0.25) is 0 Å². The van der Waals surface area contributed by atoms with Crippen molar-refractivity contribution in [2.75, 3.05) is 13.2 Å². The van der Waals surface area contributed by atoms with E-state index < -0.39 is 18.3 Å². The zero-order chi connectivity index (χ0) is 17.8. The number of rotatable bonds is 6. The average Bonchev–Trinajstić information content (AvgIpc) is 2.59. The van der Waals surface area contributed by atoms with Crippen molar-refractivity contribution in [3.05, 3.63) is 47.8 Å². The third-order valence-electron chi connectivity index (χ3n) is 5.13. The van der Waals surface area contributed by atoms with Gasteiger partial charge in [0.1, 0.15) is 5.78 Å². The van der Waals surface area contributed by atoms with Crippen LogP contribution in [-0.4, -0.2) is 36.0 Å². The van der Waals surface area contributed by atoms with E-state index in [4.69, 9.17) is 4.74 Å². The van der Waals surface area contributed by atoms with Gasteiger partial charge in [0, 0.05) is 37.4 Å². The van der Waals surface area contributed by atoms with Crippen molar-refractivity contribution in [1.82, 2.24) is 4.90 Å². The van der Waals surface area contributed by atoms with Gasteiger partial charge >= 0.3 is 6.08 Å². The van der Waals surface area contributed by atoms with E-state index in [1.165, 1.54) is 5.56 Å². The Balaban J connectivity index is 1.61. The van der Waals surface area contributed by atoms with Crippen LogP contribution >= 0.6 is 0 Å². The highest BCUT2D eigenvalue weighted by atomic mass is 19.3. The molecule has 136 valence electrons. The maximum Gasteiger partial charge on any atom is 0.301 e. The van der Waals surface area contributed by atoms with Gasteiger partial charge < -0.3 is 4.74 Å². The van der Waals surface area contributed by atoms with Crippen molar-refractivity contribution in [3.8, 4) is 0 Å². The van der Waals surface area contributed by atoms with E-state index in [0.29, 0.717) is 26.1 Å². The highest BCUT2D eigenvalue weighted by Gasteiger charge is 2.40. The first-order valence-corrected chi connectivity index (χ1v) is 8.64. The van der Waals surface area contributed by atoms with Gasteiger partial charge in [-0.15, -0.1) is 0 Å². The molecule has 2 bridgehead atoms. The van der Waals surface area contributed by atoms with Crippen LogP contribution in [0.15, 0.2) is 42.2 Å². The number of ketones is 1. The standard InChI is InChI=1S/C19H22F3NO2/c20-17(19(21)22)6-7-18(24)14-8-15-11-25-12-16(9-14)23(15)10-13-4-2-1-3-5-13/h1-5,14-16H,6-12H2. The van der Waals surface area contributed by atoms with Crippen molar-refractivity contribution in [3.63, 3.8) is 0 Å². The minimum atomic E-state index is -2.32. The molecule has 2 aliphatic rings. The molecule has 3 nitrogen and oxygen atoms in total. The fourth-order valence-corrected chi connectivity index (χ4v) is 3.84. The fourth-order valence-electron chi connectivity index (χ4n) is 3.84. The average molecular weight is 353 g/mol. The highest BCUT2D eigenvalue weighted by molar-refractivity contribution is 5.81. The molecule has 0 aromatic heterocycles. The fraction of sp³-hybridized carbons (Fsp3) is 0.526. The van der Waals surface area contributed by atoms with Gasteiger partial charge in [0.25, 0.3) is 0 Å². The number of benzene rings is 1. The summed E-state index contributed by atoms with van der Waals surface area (Å²) in [7, 11) is 0. The van der Waals surface area contributed by atoms with Gasteiger partial charge in [-0.25, -0.2) is 4.39 Å². The number of morpholine rings is 1. The number of hydrogen-bond donors (Lipinski definition) is 0. The van der Waals surface area contributed by atoms with Gasteiger partial charge in [-0.2, -0.15) is 8.78 Å². The number of ether oxygens (including phenoxy) is 1. The summed E-state index contributed by atoms with van der Waals surface area (Å²) in [6.45, 7) is 1.95. The quantitative estimate of drug-likeness (QED) is 0.771. The second-order valence-corrected chi connectivity index (χ2v) is 6.80. The lowest BCUT2D eigenvalue weighted by Gasteiger charge is -2.48. The zero-order valence-electron chi connectivity index (χ0n) is 14.0. The Morgan fingerprint density at radius 2 is 1.68 bits per heavy atom. The summed E-state index contributed by atoms with van der Waals surface area (Å²) in [4.78, 5) is 14.7. The van der Waals surface area contributed by atoms with Crippen LogP contribution in [0, 0.1) is 5.92 Å². The van der Waals surface area contributed by atoms with E-state index in [2.05, 4.69) is 17.0 Å². The monoisotopic (exact) mass is 353 g/mol. The van der Waals surface area contributed by atoms with Crippen LogP contribution in [0.1, 0.15) is 31.2 Å². The van der Waals surface area contributed by atoms with Crippen LogP contribution in [0.4, 0.5) is 13.2 Å². The largest absolute Gasteiger partial charge is 0.378 e. The number of carbonyl (C=O) groups is 1. The molecule has 3 rings (SSSR count). The third kappa shape index (κ3) is 4.50. The minimum Gasteiger partial charge on any atom is -0.378 e. The number of allylic oxidation sites excluding steroid dienone is 1. The molecule has 0 amide bonds. The Labute approximate surface area is 145 Å². The summed E-state index contributed by atoms with van der Waals surface area (Å²) in [6, 6.07) is 10.4. The maximum absolute atomic E-state index is 12.9. The molecule has 0 aliphatic carbocycles. The zero-order valence-corrected chi connectivity index (χ0v) is 14.0. The molecule has 1 aromatic carbocycles. The Hall–Kier alpha value is -1.66. The number of carbonyl (C=O) groups excluding carboxylic acids is 1. The van der Waals surface area contributed by atoms with Gasteiger partial charge in [-0.1, -0.05) is 30.3 Å². The highest BCUT2D eigenvalue weighted by Crippen LogP contribution is 2.34. The second kappa shape index (κ2) is 8.15. The van der Waals surface area contributed by atoms with Gasteiger partial charge in [-0.05, 0) is 18.4 Å². The summed E-state index contributed by atoms with van der Waals surface area (Å²) < 4.78 is 42.9. The molecular formula is C19H22F3NO2. The van der Waals surface area contributed by atoms with Crippen LogP contribution < -0.4 is 0 Å². The van der Waals surface area contributed by atoms with Crippen molar-refractivity contribution in [2.45, 2.75) is 44.3 Å². The predicted molar refractivity (Wildman–Crippen MR) is 87.7 cm³/mol. The molecule has 2 heterocycles. The number of hydrogen-bond acceptors (Lipinski definition) is 3. The second-order valence-electron chi connectivity index (χ2n) is 6.80. The van der Waals surface area contributed by atoms with Gasteiger partial charge in [0.15, 0.2) is 5.83 Å². The van der Waals surface area contributed by atoms with E-state index >= 15 is 0 Å². The summed E-state index contributed by atoms with van der Waals surface area (Å²) in [5, 5.41) is 0. The van der Waals surface area contributed by atoms with E-state index in [0.717, 1.165) is 6.54 Å².